The van der Waals surface area contributed by atoms with Crippen molar-refractivity contribution in [2.24, 2.45) is 4.99 Å². The fourth-order valence-electron chi connectivity index (χ4n) is 0.893. The van der Waals surface area contributed by atoms with Crippen molar-refractivity contribution in [1.82, 2.24) is 4.90 Å². The third-order valence-electron chi connectivity index (χ3n) is 1.60. The maximum atomic E-state index is 11.2. The van der Waals surface area contributed by atoms with Gasteiger partial charge >= 0.3 is 0 Å². The Labute approximate surface area is 73.9 Å². The highest BCUT2D eigenvalue weighted by Crippen LogP contribution is 1.96. The molecule has 72 valence electrons. The van der Waals surface area contributed by atoms with E-state index in [0.29, 0.717) is 13.2 Å². The molecule has 0 spiro atoms. The molecule has 0 N–H and O–H groups in total. The van der Waals surface area contributed by atoms with E-state index in [-0.39, 0.29) is 12.1 Å². The lowest BCUT2D eigenvalue weighted by atomic mass is 10.3. The summed E-state index contributed by atoms with van der Waals surface area (Å²) in [4.78, 5) is 5.26. The first-order chi connectivity index (χ1) is 5.63. The summed E-state index contributed by atoms with van der Waals surface area (Å²) >= 11 is 0. The molecule has 0 saturated carbocycles. The maximum Gasteiger partial charge on any atom is 0.0638 e. The molecule has 0 aromatic heterocycles. The van der Waals surface area contributed by atoms with E-state index in [0.717, 1.165) is 0 Å². The Morgan fingerprint density at radius 1 is 1.58 bits per heavy atom. The van der Waals surface area contributed by atoms with Gasteiger partial charge in [0.25, 0.3) is 0 Å². The largest absolute Gasteiger partial charge is 0.846 e. The minimum absolute atomic E-state index is 0.177. The van der Waals surface area contributed by atoms with Crippen LogP contribution < -0.4 is 5.11 Å². The third-order valence-corrected chi connectivity index (χ3v) is 1.60. The van der Waals surface area contributed by atoms with Crippen LogP contribution in [0.25, 0.3) is 0 Å². The first kappa shape index (κ1) is 11.2. The topological polar surface area (TPSA) is 47.9 Å². The summed E-state index contributed by atoms with van der Waals surface area (Å²) in [6.45, 7) is 5.07. The highest BCUT2D eigenvalue weighted by molar-refractivity contribution is 5.69. The second-order valence-corrected chi connectivity index (χ2v) is 2.79. The van der Waals surface area contributed by atoms with E-state index in [2.05, 4.69) is 4.99 Å². The molecule has 0 atom stereocenters. The molecule has 0 radical (unpaired) electrons. The lowest BCUT2D eigenvalue weighted by Crippen LogP contribution is -2.45. The van der Waals surface area contributed by atoms with Gasteiger partial charge in [0.1, 0.15) is 0 Å². The number of amidine groups is 1. The monoisotopic (exact) mass is 173 g/mol. The second kappa shape index (κ2) is 5.83. The molecule has 0 aliphatic rings. The number of ether oxygens (including phenoxy) is 1. The Morgan fingerprint density at radius 3 is 2.50 bits per heavy atom. The van der Waals surface area contributed by atoms with Crippen LogP contribution in [0.2, 0.25) is 0 Å². The number of hydrogen-bond acceptors (Lipinski definition) is 3. The molecule has 0 aromatic carbocycles. The van der Waals surface area contributed by atoms with Crippen molar-refractivity contribution < 1.29 is 9.84 Å². The van der Waals surface area contributed by atoms with Crippen molar-refractivity contribution in [3.63, 3.8) is 0 Å². The zero-order valence-corrected chi connectivity index (χ0v) is 8.20. The molecule has 0 rings (SSSR count). The van der Waals surface area contributed by atoms with E-state index in [4.69, 9.17) is 4.74 Å². The first-order valence-electron chi connectivity index (χ1n) is 4.02. The molecule has 4 nitrogen and oxygen atoms in total. The van der Waals surface area contributed by atoms with Gasteiger partial charge < -0.3 is 14.7 Å². The van der Waals surface area contributed by atoms with Gasteiger partial charge in [-0.25, -0.2) is 0 Å². The molecule has 0 unspecified atom stereocenters. The molecule has 0 amide bonds. The first-order valence-corrected chi connectivity index (χ1v) is 4.02. The molecular formula is C8H17N2O2-. The summed E-state index contributed by atoms with van der Waals surface area (Å²) in [5.41, 5.74) is 0. The van der Waals surface area contributed by atoms with E-state index in [1.54, 1.807) is 12.0 Å². The van der Waals surface area contributed by atoms with Gasteiger partial charge in [-0.1, -0.05) is 0 Å². The molecular weight excluding hydrogens is 156 g/mol. The normalized spacial score (nSPS) is 12.2. The van der Waals surface area contributed by atoms with Gasteiger partial charge in [-0.3, -0.25) is 4.99 Å². The number of methoxy groups -OCH3 is 1. The quantitative estimate of drug-likeness (QED) is 0.433. The molecule has 12 heavy (non-hydrogen) atoms. The number of aliphatic imine (C=N–C) groups is 1. The lowest BCUT2D eigenvalue weighted by molar-refractivity contribution is -0.237. The van der Waals surface area contributed by atoms with Crippen LogP contribution in [0.5, 0.6) is 0 Å². The van der Waals surface area contributed by atoms with Crippen molar-refractivity contribution in [2.75, 3.05) is 27.3 Å². The Kier molecular flexibility index (Phi) is 5.45. The van der Waals surface area contributed by atoms with Gasteiger partial charge in [0.2, 0.25) is 0 Å². The van der Waals surface area contributed by atoms with E-state index in [1.165, 1.54) is 7.05 Å². The zero-order valence-electron chi connectivity index (χ0n) is 8.20. The van der Waals surface area contributed by atoms with Crippen LogP contribution in [0.1, 0.15) is 13.8 Å². The van der Waals surface area contributed by atoms with Gasteiger partial charge in [0, 0.05) is 32.8 Å². The summed E-state index contributed by atoms with van der Waals surface area (Å²) in [6, 6.07) is -0.00148. The van der Waals surface area contributed by atoms with Crippen molar-refractivity contribution in [3.8, 4) is 0 Å². The van der Waals surface area contributed by atoms with Crippen molar-refractivity contribution in [1.29, 1.82) is 0 Å². The van der Waals surface area contributed by atoms with Crippen LogP contribution in [-0.2, 0) is 4.74 Å². The number of rotatable bonds is 4. The molecule has 0 saturated heterocycles. The summed E-state index contributed by atoms with van der Waals surface area (Å²) in [5.74, 6) is 0. The average Bonchev–Trinajstić information content (AvgIpc) is 2.04. The van der Waals surface area contributed by atoms with Crippen LogP contribution in [-0.4, -0.2) is 44.3 Å². The van der Waals surface area contributed by atoms with Crippen LogP contribution in [0, 0.1) is 0 Å². The SMILES string of the molecule is CN=C([O-])N(CCOC)C(C)C. The predicted molar refractivity (Wildman–Crippen MR) is 47.1 cm³/mol. The molecule has 4 heteroatoms. The van der Waals surface area contributed by atoms with E-state index in [9.17, 15) is 5.11 Å². The van der Waals surface area contributed by atoms with Crippen molar-refractivity contribution >= 4 is 6.02 Å². The number of nitrogens with zero attached hydrogens (tertiary/aromatic N) is 2. The van der Waals surface area contributed by atoms with Crippen LogP contribution in [0.3, 0.4) is 0 Å². The minimum atomic E-state index is -0.179. The summed E-state index contributed by atoms with van der Waals surface area (Å²) in [5, 5.41) is 11.2. The molecule has 0 aromatic rings. The van der Waals surface area contributed by atoms with Crippen LogP contribution in [0.15, 0.2) is 4.99 Å². The fraction of sp³-hybridized carbons (Fsp3) is 0.875. The van der Waals surface area contributed by atoms with Crippen LogP contribution in [0.4, 0.5) is 0 Å². The Bertz CT molecular complexity index is 146. The summed E-state index contributed by atoms with van der Waals surface area (Å²) < 4.78 is 4.88. The fourth-order valence-corrected chi connectivity index (χ4v) is 0.893. The Balaban J connectivity index is 4.04. The highest BCUT2D eigenvalue weighted by atomic mass is 16.5. The molecule has 0 aliphatic heterocycles. The molecule has 0 bridgehead atoms. The zero-order chi connectivity index (χ0) is 9.56. The molecule has 0 aliphatic carbocycles. The van der Waals surface area contributed by atoms with Gasteiger partial charge in [-0.05, 0) is 13.8 Å². The lowest BCUT2D eigenvalue weighted by Gasteiger charge is -2.32. The van der Waals surface area contributed by atoms with Crippen LogP contribution >= 0.6 is 0 Å². The van der Waals surface area contributed by atoms with Gasteiger partial charge in [-0.2, -0.15) is 0 Å². The van der Waals surface area contributed by atoms with Gasteiger partial charge in [-0.15, -0.1) is 0 Å². The second-order valence-electron chi connectivity index (χ2n) is 2.79. The van der Waals surface area contributed by atoms with E-state index < -0.39 is 0 Å². The van der Waals surface area contributed by atoms with Crippen molar-refractivity contribution in [3.05, 3.63) is 0 Å². The number of hydrogen-bond donors (Lipinski definition) is 0. The molecule has 0 heterocycles. The standard InChI is InChI=1S/C8H18N2O2/c1-7(2)10(5-6-12-4)8(11)9-3/h7H,5-6H2,1-4H3,(H,9,11)/p-1. The Morgan fingerprint density at radius 2 is 2.17 bits per heavy atom. The maximum absolute atomic E-state index is 11.2. The third kappa shape index (κ3) is 3.57. The highest BCUT2D eigenvalue weighted by Gasteiger charge is 2.05. The predicted octanol–water partition coefficient (Wildman–Crippen LogP) is -0.311. The average molecular weight is 173 g/mol. The minimum Gasteiger partial charge on any atom is -0.846 e. The van der Waals surface area contributed by atoms with E-state index in [1.807, 2.05) is 13.8 Å². The smallest absolute Gasteiger partial charge is 0.0638 e. The van der Waals surface area contributed by atoms with Gasteiger partial charge in [0.15, 0.2) is 0 Å². The Hall–Kier alpha value is -0.770. The summed E-state index contributed by atoms with van der Waals surface area (Å²) in [6.07, 6.45) is 0. The molecule has 0 fully saturated rings. The van der Waals surface area contributed by atoms with Crippen molar-refractivity contribution in [2.45, 2.75) is 19.9 Å². The van der Waals surface area contributed by atoms with E-state index >= 15 is 0 Å². The summed E-state index contributed by atoms with van der Waals surface area (Å²) in [7, 11) is 3.12. The van der Waals surface area contributed by atoms with Gasteiger partial charge in [0.05, 0.1) is 6.61 Å².